The van der Waals surface area contributed by atoms with Crippen molar-refractivity contribution in [1.29, 1.82) is 0 Å². The average molecular weight is 364 g/mol. The van der Waals surface area contributed by atoms with E-state index in [4.69, 9.17) is 14.2 Å². The summed E-state index contributed by atoms with van der Waals surface area (Å²) in [6.07, 6.45) is 3.14. The first kappa shape index (κ1) is 20.5. The minimum Gasteiger partial charge on any atom is -0.493 e. The first-order chi connectivity index (χ1) is 12.6. The van der Waals surface area contributed by atoms with E-state index in [9.17, 15) is 4.79 Å². The van der Waals surface area contributed by atoms with E-state index in [1.165, 1.54) is 0 Å². The molecule has 0 bridgehead atoms. The van der Waals surface area contributed by atoms with Crippen molar-refractivity contribution in [2.24, 2.45) is 5.92 Å². The number of hydrogen-bond donors (Lipinski definition) is 2. The molecule has 1 fully saturated rings. The standard InChI is InChI=1S/C20H32N2O4/c1-5-6-11-26-19-14(2)16(7-8-17(19)24-3)20(23)22-12-15-9-10-21-13-18(15)25-4/h7-8,15,18,21H,5-6,9-13H2,1-4H3,(H,22,23)/t15-,18+/m0/s1. The molecule has 1 aromatic rings. The molecular formula is C20H32N2O4. The molecule has 0 aromatic heterocycles. The topological polar surface area (TPSA) is 68.8 Å². The Morgan fingerprint density at radius 2 is 2.15 bits per heavy atom. The highest BCUT2D eigenvalue weighted by Crippen LogP contribution is 2.33. The predicted molar refractivity (Wildman–Crippen MR) is 102 cm³/mol. The van der Waals surface area contributed by atoms with Crippen LogP contribution in [0, 0.1) is 12.8 Å². The van der Waals surface area contributed by atoms with Crippen LogP contribution in [0.3, 0.4) is 0 Å². The Labute approximate surface area is 156 Å². The highest BCUT2D eigenvalue weighted by atomic mass is 16.5. The van der Waals surface area contributed by atoms with Crippen LogP contribution in [0.25, 0.3) is 0 Å². The van der Waals surface area contributed by atoms with Gasteiger partial charge in [0.15, 0.2) is 11.5 Å². The van der Waals surface area contributed by atoms with Gasteiger partial charge in [-0.25, -0.2) is 0 Å². The van der Waals surface area contributed by atoms with Crippen molar-refractivity contribution >= 4 is 5.91 Å². The Morgan fingerprint density at radius 1 is 1.35 bits per heavy atom. The molecule has 6 nitrogen and oxygen atoms in total. The van der Waals surface area contributed by atoms with Gasteiger partial charge in [-0.2, -0.15) is 0 Å². The van der Waals surface area contributed by atoms with Crippen molar-refractivity contribution in [2.45, 2.75) is 39.2 Å². The molecule has 6 heteroatoms. The van der Waals surface area contributed by atoms with E-state index < -0.39 is 0 Å². The van der Waals surface area contributed by atoms with E-state index in [2.05, 4.69) is 17.6 Å². The molecule has 0 aliphatic carbocycles. The first-order valence-electron chi connectivity index (χ1n) is 9.44. The van der Waals surface area contributed by atoms with E-state index >= 15 is 0 Å². The van der Waals surface area contributed by atoms with Gasteiger partial charge in [-0.1, -0.05) is 13.3 Å². The molecular weight excluding hydrogens is 332 g/mol. The number of carbonyl (C=O) groups is 1. The lowest BCUT2D eigenvalue weighted by molar-refractivity contribution is 0.0338. The van der Waals surface area contributed by atoms with Crippen LogP contribution < -0.4 is 20.1 Å². The molecule has 146 valence electrons. The predicted octanol–water partition coefficient (Wildman–Crippen LogP) is 2.54. The Morgan fingerprint density at radius 3 is 2.85 bits per heavy atom. The summed E-state index contributed by atoms with van der Waals surface area (Å²) < 4.78 is 16.8. The molecule has 1 aliphatic heterocycles. The van der Waals surface area contributed by atoms with Gasteiger partial charge < -0.3 is 24.8 Å². The molecule has 2 atom stereocenters. The second kappa shape index (κ2) is 10.4. The van der Waals surface area contributed by atoms with Gasteiger partial charge in [-0.05, 0) is 38.4 Å². The van der Waals surface area contributed by atoms with Gasteiger partial charge in [0.25, 0.3) is 5.91 Å². The molecule has 0 spiro atoms. The number of ether oxygens (including phenoxy) is 3. The van der Waals surface area contributed by atoms with Gasteiger partial charge in [-0.3, -0.25) is 4.79 Å². The van der Waals surface area contributed by atoms with Crippen molar-refractivity contribution in [2.75, 3.05) is 40.5 Å². The molecule has 2 rings (SSSR count). The van der Waals surface area contributed by atoms with Gasteiger partial charge in [0, 0.05) is 37.2 Å². The maximum atomic E-state index is 12.7. The lowest BCUT2D eigenvalue weighted by atomic mass is 9.94. The van der Waals surface area contributed by atoms with Gasteiger partial charge in [0.1, 0.15) is 0 Å². The molecule has 1 aromatic carbocycles. The third kappa shape index (κ3) is 5.11. The summed E-state index contributed by atoms with van der Waals surface area (Å²) in [6, 6.07) is 3.60. The van der Waals surface area contributed by atoms with Crippen LogP contribution in [-0.2, 0) is 4.74 Å². The molecule has 1 aliphatic rings. The molecule has 0 unspecified atom stereocenters. The fourth-order valence-corrected chi connectivity index (χ4v) is 3.28. The van der Waals surface area contributed by atoms with E-state index in [0.29, 0.717) is 36.1 Å². The van der Waals surface area contributed by atoms with Crippen molar-refractivity contribution in [3.05, 3.63) is 23.3 Å². The zero-order valence-electron chi connectivity index (χ0n) is 16.4. The second-order valence-electron chi connectivity index (χ2n) is 6.71. The van der Waals surface area contributed by atoms with Crippen molar-refractivity contribution in [3.63, 3.8) is 0 Å². The number of carbonyl (C=O) groups excluding carboxylic acids is 1. The van der Waals surface area contributed by atoms with Crippen molar-refractivity contribution in [3.8, 4) is 11.5 Å². The summed E-state index contributed by atoms with van der Waals surface area (Å²) in [5.41, 5.74) is 1.44. The van der Waals surface area contributed by atoms with Crippen LogP contribution in [0.15, 0.2) is 12.1 Å². The Kier molecular flexibility index (Phi) is 8.19. The number of piperidine rings is 1. The van der Waals surface area contributed by atoms with E-state index in [-0.39, 0.29) is 12.0 Å². The van der Waals surface area contributed by atoms with Gasteiger partial charge >= 0.3 is 0 Å². The van der Waals surface area contributed by atoms with Crippen LogP contribution in [0.1, 0.15) is 42.1 Å². The quantitative estimate of drug-likeness (QED) is 0.659. The summed E-state index contributed by atoms with van der Waals surface area (Å²) in [6.45, 7) is 7.03. The molecule has 1 heterocycles. The van der Waals surface area contributed by atoms with Gasteiger partial charge in [0.05, 0.1) is 19.8 Å². The highest BCUT2D eigenvalue weighted by Gasteiger charge is 2.25. The lowest BCUT2D eigenvalue weighted by Gasteiger charge is -2.31. The lowest BCUT2D eigenvalue weighted by Crippen LogP contribution is -2.46. The summed E-state index contributed by atoms with van der Waals surface area (Å²) >= 11 is 0. The summed E-state index contributed by atoms with van der Waals surface area (Å²) in [5, 5.41) is 6.38. The minimum absolute atomic E-state index is 0.0844. The fraction of sp³-hybridized carbons (Fsp3) is 0.650. The van der Waals surface area contributed by atoms with Crippen LogP contribution in [0.2, 0.25) is 0 Å². The monoisotopic (exact) mass is 364 g/mol. The minimum atomic E-state index is -0.0844. The van der Waals surface area contributed by atoms with E-state index in [0.717, 1.165) is 37.9 Å². The highest BCUT2D eigenvalue weighted by molar-refractivity contribution is 5.96. The molecule has 0 radical (unpaired) electrons. The fourth-order valence-electron chi connectivity index (χ4n) is 3.28. The Hall–Kier alpha value is -1.79. The zero-order valence-corrected chi connectivity index (χ0v) is 16.4. The molecule has 0 saturated carbocycles. The zero-order chi connectivity index (χ0) is 18.9. The third-order valence-electron chi connectivity index (χ3n) is 4.97. The Balaban J connectivity index is 2.06. The number of amides is 1. The maximum Gasteiger partial charge on any atom is 0.251 e. The van der Waals surface area contributed by atoms with Crippen LogP contribution >= 0.6 is 0 Å². The number of methoxy groups -OCH3 is 2. The maximum absolute atomic E-state index is 12.7. The van der Waals surface area contributed by atoms with Crippen LogP contribution in [0.4, 0.5) is 0 Å². The SMILES string of the molecule is CCCCOc1c(OC)ccc(C(=O)NC[C@@H]2CCNC[C@H]2OC)c1C. The number of rotatable bonds is 9. The van der Waals surface area contributed by atoms with Crippen LogP contribution in [0.5, 0.6) is 11.5 Å². The smallest absolute Gasteiger partial charge is 0.251 e. The van der Waals surface area contributed by atoms with Gasteiger partial charge in [-0.15, -0.1) is 0 Å². The second-order valence-corrected chi connectivity index (χ2v) is 6.71. The summed E-state index contributed by atoms with van der Waals surface area (Å²) in [7, 11) is 3.34. The summed E-state index contributed by atoms with van der Waals surface area (Å²) in [4.78, 5) is 12.7. The third-order valence-corrected chi connectivity index (χ3v) is 4.97. The normalized spacial score (nSPS) is 19.8. The molecule has 1 amide bonds. The van der Waals surface area contributed by atoms with Gasteiger partial charge in [0.2, 0.25) is 0 Å². The van der Waals surface area contributed by atoms with Crippen molar-refractivity contribution < 1.29 is 19.0 Å². The molecule has 2 N–H and O–H groups in total. The number of unbranched alkanes of at least 4 members (excludes halogenated alkanes) is 1. The van der Waals surface area contributed by atoms with E-state index in [1.54, 1.807) is 26.4 Å². The molecule has 1 saturated heterocycles. The average Bonchev–Trinajstić information content (AvgIpc) is 2.67. The number of hydrogen-bond acceptors (Lipinski definition) is 5. The number of benzene rings is 1. The largest absolute Gasteiger partial charge is 0.493 e. The van der Waals surface area contributed by atoms with Crippen LogP contribution in [-0.4, -0.2) is 52.5 Å². The number of nitrogens with one attached hydrogen (secondary N) is 2. The first-order valence-corrected chi connectivity index (χ1v) is 9.44. The summed E-state index contributed by atoms with van der Waals surface area (Å²) in [5.74, 6) is 1.56. The van der Waals surface area contributed by atoms with Crippen molar-refractivity contribution in [1.82, 2.24) is 10.6 Å². The van der Waals surface area contributed by atoms with E-state index in [1.807, 2.05) is 6.92 Å². The molecule has 26 heavy (non-hydrogen) atoms. The Bertz CT molecular complexity index is 591.